The van der Waals surface area contributed by atoms with Gasteiger partial charge < -0.3 is 9.84 Å². The zero-order chi connectivity index (χ0) is 12.3. The van der Waals surface area contributed by atoms with E-state index in [-0.39, 0.29) is 17.6 Å². The Kier molecular flexibility index (Phi) is 3.93. The van der Waals surface area contributed by atoms with Gasteiger partial charge in [-0.05, 0) is 43.0 Å². The summed E-state index contributed by atoms with van der Waals surface area (Å²) in [5, 5.41) is 9.53. The lowest BCUT2D eigenvalue weighted by Gasteiger charge is -2.14. The molecule has 0 aliphatic carbocycles. The van der Waals surface area contributed by atoms with E-state index in [9.17, 15) is 9.90 Å². The number of hydrogen-bond acceptors (Lipinski definition) is 3. The van der Waals surface area contributed by atoms with Gasteiger partial charge in [0.15, 0.2) is 0 Å². The highest BCUT2D eigenvalue weighted by Crippen LogP contribution is 2.27. The first-order valence-electron chi connectivity index (χ1n) is 5.48. The van der Waals surface area contributed by atoms with Crippen molar-refractivity contribution in [1.29, 1.82) is 0 Å². The van der Waals surface area contributed by atoms with Crippen molar-refractivity contribution in [3.05, 3.63) is 28.8 Å². The van der Waals surface area contributed by atoms with Crippen LogP contribution in [0.4, 0.5) is 0 Å². The van der Waals surface area contributed by atoms with Gasteiger partial charge in [0.05, 0.1) is 12.2 Å². The Bertz CT molecular complexity index is 394. The minimum Gasteiger partial charge on any atom is -0.508 e. The molecule has 0 amide bonds. The van der Waals surface area contributed by atoms with Gasteiger partial charge in [0.25, 0.3) is 0 Å². The summed E-state index contributed by atoms with van der Waals surface area (Å²) in [4.78, 5) is 11.8. The molecule has 0 atom stereocenters. The second kappa shape index (κ2) is 5.01. The SMILES string of the molecule is CCOC(=O)c1c(C)cc(O)cc1C(C)C. The standard InChI is InChI=1S/C13H18O3/c1-5-16-13(15)12-9(4)6-10(14)7-11(12)8(2)3/h6-8,14H,5H2,1-4H3. The number of hydrogen-bond donors (Lipinski definition) is 1. The fourth-order valence-electron chi connectivity index (χ4n) is 1.73. The van der Waals surface area contributed by atoms with Gasteiger partial charge in [-0.1, -0.05) is 13.8 Å². The second-order valence-corrected chi connectivity index (χ2v) is 4.10. The summed E-state index contributed by atoms with van der Waals surface area (Å²) in [6, 6.07) is 3.21. The van der Waals surface area contributed by atoms with Crippen LogP contribution < -0.4 is 0 Å². The highest BCUT2D eigenvalue weighted by Gasteiger charge is 2.18. The van der Waals surface area contributed by atoms with Crippen LogP contribution in [-0.2, 0) is 4.74 Å². The molecule has 0 aliphatic heterocycles. The molecular weight excluding hydrogens is 204 g/mol. The Hall–Kier alpha value is -1.51. The van der Waals surface area contributed by atoms with E-state index in [4.69, 9.17) is 4.74 Å². The van der Waals surface area contributed by atoms with Gasteiger partial charge in [-0.15, -0.1) is 0 Å². The predicted octanol–water partition coefficient (Wildman–Crippen LogP) is 3.00. The molecule has 1 rings (SSSR count). The molecule has 0 saturated heterocycles. The van der Waals surface area contributed by atoms with Crippen molar-refractivity contribution < 1.29 is 14.6 Å². The van der Waals surface area contributed by atoms with Crippen LogP contribution in [0.25, 0.3) is 0 Å². The van der Waals surface area contributed by atoms with E-state index >= 15 is 0 Å². The summed E-state index contributed by atoms with van der Waals surface area (Å²) in [5.74, 6) is 0.0446. The summed E-state index contributed by atoms with van der Waals surface area (Å²) < 4.78 is 5.02. The molecule has 3 heteroatoms. The quantitative estimate of drug-likeness (QED) is 0.800. The van der Waals surface area contributed by atoms with Crippen molar-refractivity contribution >= 4 is 5.97 Å². The topological polar surface area (TPSA) is 46.5 Å². The van der Waals surface area contributed by atoms with Crippen molar-refractivity contribution in [3.63, 3.8) is 0 Å². The lowest BCUT2D eigenvalue weighted by Crippen LogP contribution is -2.11. The maximum absolute atomic E-state index is 11.8. The van der Waals surface area contributed by atoms with Gasteiger partial charge in [0, 0.05) is 0 Å². The third-order valence-corrected chi connectivity index (χ3v) is 2.45. The Morgan fingerprint density at radius 3 is 2.56 bits per heavy atom. The number of aromatic hydroxyl groups is 1. The first-order valence-corrected chi connectivity index (χ1v) is 5.48. The molecule has 0 fully saturated rings. The number of carbonyl (C=O) groups excluding carboxylic acids is 1. The van der Waals surface area contributed by atoms with Crippen LogP contribution in [0.2, 0.25) is 0 Å². The molecule has 0 aromatic heterocycles. The zero-order valence-electron chi connectivity index (χ0n) is 10.2. The molecule has 0 aliphatic rings. The van der Waals surface area contributed by atoms with Crippen LogP contribution in [0.15, 0.2) is 12.1 Å². The van der Waals surface area contributed by atoms with E-state index in [1.807, 2.05) is 13.8 Å². The fourth-order valence-corrected chi connectivity index (χ4v) is 1.73. The van der Waals surface area contributed by atoms with E-state index in [0.717, 1.165) is 11.1 Å². The summed E-state index contributed by atoms with van der Waals surface area (Å²) in [5.41, 5.74) is 2.16. The summed E-state index contributed by atoms with van der Waals surface area (Å²) in [6.07, 6.45) is 0. The molecule has 0 saturated carbocycles. The van der Waals surface area contributed by atoms with Crippen LogP contribution in [0.5, 0.6) is 5.75 Å². The molecule has 0 bridgehead atoms. The van der Waals surface area contributed by atoms with Crippen LogP contribution >= 0.6 is 0 Å². The second-order valence-electron chi connectivity index (χ2n) is 4.10. The van der Waals surface area contributed by atoms with E-state index in [2.05, 4.69) is 0 Å². The molecule has 0 radical (unpaired) electrons. The van der Waals surface area contributed by atoms with E-state index in [1.165, 1.54) is 0 Å². The molecule has 0 heterocycles. The van der Waals surface area contributed by atoms with Crippen molar-refractivity contribution in [2.24, 2.45) is 0 Å². The highest BCUT2D eigenvalue weighted by molar-refractivity contribution is 5.93. The van der Waals surface area contributed by atoms with Gasteiger partial charge in [-0.3, -0.25) is 0 Å². The maximum atomic E-state index is 11.8. The molecular formula is C13H18O3. The van der Waals surface area contributed by atoms with Gasteiger partial charge >= 0.3 is 5.97 Å². The van der Waals surface area contributed by atoms with Gasteiger partial charge in [0.1, 0.15) is 5.75 Å². The number of esters is 1. The number of phenols is 1. The monoisotopic (exact) mass is 222 g/mol. The van der Waals surface area contributed by atoms with Crippen LogP contribution in [0.1, 0.15) is 48.2 Å². The highest BCUT2D eigenvalue weighted by atomic mass is 16.5. The molecule has 1 aromatic carbocycles. The van der Waals surface area contributed by atoms with E-state index in [1.54, 1.807) is 26.0 Å². The first-order chi connectivity index (χ1) is 7.47. The van der Waals surface area contributed by atoms with E-state index < -0.39 is 0 Å². The number of phenolic OH excluding ortho intramolecular Hbond substituents is 1. The number of benzene rings is 1. The number of ether oxygens (including phenoxy) is 1. The molecule has 0 unspecified atom stereocenters. The Balaban J connectivity index is 3.29. The fraction of sp³-hybridized carbons (Fsp3) is 0.462. The van der Waals surface area contributed by atoms with E-state index in [0.29, 0.717) is 12.2 Å². The van der Waals surface area contributed by atoms with Crippen molar-refractivity contribution in [1.82, 2.24) is 0 Å². The Morgan fingerprint density at radius 1 is 1.44 bits per heavy atom. The molecule has 88 valence electrons. The third kappa shape index (κ3) is 2.54. The molecule has 16 heavy (non-hydrogen) atoms. The van der Waals surface area contributed by atoms with Crippen molar-refractivity contribution in [2.45, 2.75) is 33.6 Å². The molecule has 0 spiro atoms. The lowest BCUT2D eigenvalue weighted by atomic mass is 9.93. The van der Waals surface area contributed by atoms with Crippen LogP contribution in [-0.4, -0.2) is 17.7 Å². The summed E-state index contributed by atoms with van der Waals surface area (Å²) in [6.45, 7) is 7.91. The zero-order valence-corrected chi connectivity index (χ0v) is 10.2. The van der Waals surface area contributed by atoms with Gasteiger partial charge in [-0.25, -0.2) is 4.79 Å². The van der Waals surface area contributed by atoms with Crippen molar-refractivity contribution in [2.75, 3.05) is 6.61 Å². The minimum absolute atomic E-state index is 0.171. The maximum Gasteiger partial charge on any atom is 0.338 e. The number of aryl methyl sites for hydroxylation is 1. The Labute approximate surface area is 96.1 Å². The average molecular weight is 222 g/mol. The Morgan fingerprint density at radius 2 is 2.06 bits per heavy atom. The first kappa shape index (κ1) is 12.6. The average Bonchev–Trinajstić information content (AvgIpc) is 2.16. The minimum atomic E-state index is -0.316. The van der Waals surface area contributed by atoms with Crippen molar-refractivity contribution in [3.8, 4) is 5.75 Å². The third-order valence-electron chi connectivity index (χ3n) is 2.45. The smallest absolute Gasteiger partial charge is 0.338 e. The number of carbonyl (C=O) groups is 1. The van der Waals surface area contributed by atoms with Gasteiger partial charge in [-0.2, -0.15) is 0 Å². The normalized spacial score (nSPS) is 10.6. The van der Waals surface area contributed by atoms with Gasteiger partial charge in [0.2, 0.25) is 0 Å². The molecule has 1 aromatic rings. The molecule has 3 nitrogen and oxygen atoms in total. The predicted molar refractivity (Wildman–Crippen MR) is 62.9 cm³/mol. The lowest BCUT2D eigenvalue weighted by molar-refractivity contribution is 0.0524. The summed E-state index contributed by atoms with van der Waals surface area (Å²) in [7, 11) is 0. The molecule has 1 N–H and O–H groups in total. The largest absolute Gasteiger partial charge is 0.508 e. The number of rotatable bonds is 3. The summed E-state index contributed by atoms with van der Waals surface area (Å²) >= 11 is 0. The van der Waals surface area contributed by atoms with Crippen LogP contribution in [0.3, 0.4) is 0 Å². The van der Waals surface area contributed by atoms with Crippen LogP contribution in [0, 0.1) is 6.92 Å².